The lowest BCUT2D eigenvalue weighted by molar-refractivity contribution is 0.107. The number of hydrogen-bond donors (Lipinski definition) is 3. The summed E-state index contributed by atoms with van der Waals surface area (Å²) < 4.78 is 5.29. The molecule has 0 aromatic rings. The van der Waals surface area contributed by atoms with Crippen LogP contribution >= 0.6 is 0 Å². The maximum atomic E-state index is 8.49. The highest BCUT2D eigenvalue weighted by Crippen LogP contribution is 2.21. The maximum absolute atomic E-state index is 8.49. The summed E-state index contributed by atoms with van der Waals surface area (Å²) in [5.74, 6) is 0.348. The minimum Gasteiger partial charge on any atom is -0.409 e. The van der Waals surface area contributed by atoms with Crippen LogP contribution in [-0.2, 0) is 4.74 Å². The van der Waals surface area contributed by atoms with E-state index in [1.54, 1.807) is 7.11 Å². The molecule has 0 aromatic heterocycles. The molecule has 1 aliphatic rings. The van der Waals surface area contributed by atoms with E-state index in [0.717, 1.165) is 25.8 Å². The zero-order valence-electron chi connectivity index (χ0n) is 9.44. The molecule has 0 aliphatic heterocycles. The van der Waals surface area contributed by atoms with Crippen molar-refractivity contribution >= 4 is 5.84 Å². The van der Waals surface area contributed by atoms with Crippen LogP contribution in [0.3, 0.4) is 0 Å². The average molecular weight is 215 g/mol. The van der Waals surface area contributed by atoms with Gasteiger partial charge in [0.15, 0.2) is 0 Å². The van der Waals surface area contributed by atoms with Crippen LogP contribution in [0.4, 0.5) is 0 Å². The third kappa shape index (κ3) is 3.68. The fourth-order valence-corrected chi connectivity index (χ4v) is 1.89. The van der Waals surface area contributed by atoms with Gasteiger partial charge in [0.25, 0.3) is 0 Å². The van der Waals surface area contributed by atoms with Gasteiger partial charge in [0, 0.05) is 25.6 Å². The van der Waals surface area contributed by atoms with Crippen molar-refractivity contribution in [2.45, 2.75) is 38.3 Å². The standard InChI is InChI=1S/C10H21N3O2/c1-7(10(11)13-14)6-12-8-3-4-9(5-8)15-2/h7-9,12,14H,3-6H2,1-2H3,(H2,11,13). The largest absolute Gasteiger partial charge is 0.409 e. The smallest absolute Gasteiger partial charge is 0.143 e. The van der Waals surface area contributed by atoms with Crippen molar-refractivity contribution in [3.05, 3.63) is 0 Å². The van der Waals surface area contributed by atoms with Crippen molar-refractivity contribution in [1.82, 2.24) is 5.32 Å². The van der Waals surface area contributed by atoms with Crippen LogP contribution in [0, 0.1) is 5.92 Å². The number of amidine groups is 1. The van der Waals surface area contributed by atoms with Crippen LogP contribution in [0.15, 0.2) is 5.16 Å². The van der Waals surface area contributed by atoms with Crippen LogP contribution in [-0.4, -0.2) is 36.8 Å². The molecule has 3 unspecified atom stereocenters. The van der Waals surface area contributed by atoms with E-state index in [9.17, 15) is 0 Å². The average Bonchev–Trinajstić information content (AvgIpc) is 2.72. The third-order valence-corrected chi connectivity index (χ3v) is 3.05. The van der Waals surface area contributed by atoms with Crippen molar-refractivity contribution in [3.63, 3.8) is 0 Å². The molecule has 0 radical (unpaired) electrons. The van der Waals surface area contributed by atoms with Gasteiger partial charge < -0.3 is 21.0 Å². The Labute approximate surface area is 90.7 Å². The first kappa shape index (κ1) is 12.3. The number of nitrogens with two attached hydrogens (primary N) is 1. The van der Waals surface area contributed by atoms with Crippen molar-refractivity contribution in [2.75, 3.05) is 13.7 Å². The zero-order valence-corrected chi connectivity index (χ0v) is 9.44. The third-order valence-electron chi connectivity index (χ3n) is 3.05. The molecular formula is C10H21N3O2. The molecule has 15 heavy (non-hydrogen) atoms. The number of hydrogen-bond acceptors (Lipinski definition) is 4. The van der Waals surface area contributed by atoms with Crippen molar-refractivity contribution in [2.24, 2.45) is 16.8 Å². The van der Waals surface area contributed by atoms with Gasteiger partial charge >= 0.3 is 0 Å². The van der Waals surface area contributed by atoms with E-state index in [4.69, 9.17) is 15.7 Å². The van der Waals surface area contributed by atoms with Crippen LogP contribution in [0.1, 0.15) is 26.2 Å². The molecule has 0 amide bonds. The van der Waals surface area contributed by atoms with E-state index in [1.807, 2.05) is 6.92 Å². The molecule has 1 rings (SSSR count). The van der Waals surface area contributed by atoms with Crippen LogP contribution in [0.5, 0.6) is 0 Å². The molecule has 0 spiro atoms. The molecule has 1 saturated carbocycles. The lowest BCUT2D eigenvalue weighted by Crippen LogP contribution is -2.36. The lowest BCUT2D eigenvalue weighted by atomic mass is 10.1. The Hall–Kier alpha value is -0.810. The first-order chi connectivity index (χ1) is 7.17. The topological polar surface area (TPSA) is 79.9 Å². The highest BCUT2D eigenvalue weighted by Gasteiger charge is 2.24. The Balaban J connectivity index is 2.21. The zero-order chi connectivity index (χ0) is 11.3. The van der Waals surface area contributed by atoms with E-state index >= 15 is 0 Å². The van der Waals surface area contributed by atoms with E-state index in [2.05, 4.69) is 10.5 Å². The molecule has 0 bridgehead atoms. The summed E-state index contributed by atoms with van der Waals surface area (Å²) in [6.45, 7) is 2.68. The fourth-order valence-electron chi connectivity index (χ4n) is 1.89. The quantitative estimate of drug-likeness (QED) is 0.270. The van der Waals surface area contributed by atoms with Crippen LogP contribution < -0.4 is 11.1 Å². The van der Waals surface area contributed by atoms with Crippen molar-refractivity contribution < 1.29 is 9.94 Å². The summed E-state index contributed by atoms with van der Waals surface area (Å²) in [6, 6.07) is 0.504. The minimum absolute atomic E-state index is 0.0663. The maximum Gasteiger partial charge on any atom is 0.143 e. The molecule has 0 saturated heterocycles. The molecule has 0 heterocycles. The summed E-state index contributed by atoms with van der Waals surface area (Å²) in [4.78, 5) is 0. The predicted molar refractivity (Wildman–Crippen MR) is 59.0 cm³/mol. The summed E-state index contributed by atoms with van der Waals surface area (Å²) in [7, 11) is 1.76. The van der Waals surface area contributed by atoms with Gasteiger partial charge in [0.1, 0.15) is 5.84 Å². The highest BCUT2D eigenvalue weighted by molar-refractivity contribution is 5.82. The number of methoxy groups -OCH3 is 1. The second kappa shape index (κ2) is 5.92. The van der Waals surface area contributed by atoms with E-state index in [1.165, 1.54) is 0 Å². The first-order valence-electron chi connectivity index (χ1n) is 5.41. The second-order valence-corrected chi connectivity index (χ2v) is 4.20. The van der Waals surface area contributed by atoms with Gasteiger partial charge in [-0.2, -0.15) is 0 Å². The number of ether oxygens (including phenoxy) is 1. The van der Waals surface area contributed by atoms with Gasteiger partial charge in [0.05, 0.1) is 6.10 Å². The van der Waals surface area contributed by atoms with E-state index in [0.29, 0.717) is 12.1 Å². The number of nitrogens with one attached hydrogen (secondary N) is 1. The molecule has 4 N–H and O–H groups in total. The first-order valence-corrected chi connectivity index (χ1v) is 5.41. The molecule has 88 valence electrons. The molecule has 3 atom stereocenters. The molecule has 5 nitrogen and oxygen atoms in total. The monoisotopic (exact) mass is 215 g/mol. The van der Waals surface area contributed by atoms with E-state index in [-0.39, 0.29) is 11.8 Å². The number of rotatable bonds is 5. The lowest BCUT2D eigenvalue weighted by Gasteiger charge is -2.16. The van der Waals surface area contributed by atoms with Gasteiger partial charge in [-0.05, 0) is 19.3 Å². The molecule has 0 aromatic carbocycles. The molecule has 5 heteroatoms. The highest BCUT2D eigenvalue weighted by atomic mass is 16.5. The molecule has 1 aliphatic carbocycles. The van der Waals surface area contributed by atoms with Crippen molar-refractivity contribution in [1.29, 1.82) is 0 Å². The number of oxime groups is 1. The van der Waals surface area contributed by atoms with Gasteiger partial charge in [-0.15, -0.1) is 0 Å². The Morgan fingerprint density at radius 2 is 2.40 bits per heavy atom. The van der Waals surface area contributed by atoms with Crippen LogP contribution in [0.25, 0.3) is 0 Å². The summed E-state index contributed by atoms with van der Waals surface area (Å²) in [5, 5.41) is 14.9. The molecule has 1 fully saturated rings. The summed E-state index contributed by atoms with van der Waals surface area (Å²) >= 11 is 0. The fraction of sp³-hybridized carbons (Fsp3) is 0.900. The number of nitrogens with zero attached hydrogens (tertiary/aromatic N) is 1. The van der Waals surface area contributed by atoms with Gasteiger partial charge in [-0.25, -0.2) is 0 Å². The second-order valence-electron chi connectivity index (χ2n) is 4.20. The Bertz CT molecular complexity index is 221. The molecular weight excluding hydrogens is 194 g/mol. The Morgan fingerprint density at radius 3 is 2.93 bits per heavy atom. The van der Waals surface area contributed by atoms with Crippen molar-refractivity contribution in [3.8, 4) is 0 Å². The summed E-state index contributed by atoms with van der Waals surface area (Å²) in [5.41, 5.74) is 5.49. The summed E-state index contributed by atoms with van der Waals surface area (Å²) in [6.07, 6.45) is 3.70. The Kier molecular flexibility index (Phi) is 4.84. The van der Waals surface area contributed by atoms with E-state index < -0.39 is 0 Å². The Morgan fingerprint density at radius 1 is 1.67 bits per heavy atom. The van der Waals surface area contributed by atoms with Gasteiger partial charge in [0.2, 0.25) is 0 Å². The van der Waals surface area contributed by atoms with Crippen LogP contribution in [0.2, 0.25) is 0 Å². The predicted octanol–water partition coefficient (Wildman–Crippen LogP) is 0.526. The SMILES string of the molecule is COC1CCC(NCC(C)C(N)=NO)C1. The normalized spacial score (nSPS) is 29.3. The van der Waals surface area contributed by atoms with Gasteiger partial charge in [-0.1, -0.05) is 12.1 Å². The minimum atomic E-state index is 0.0663. The van der Waals surface area contributed by atoms with Gasteiger partial charge in [-0.3, -0.25) is 0 Å².